The van der Waals surface area contributed by atoms with Gasteiger partial charge in [0.05, 0.1) is 16.7 Å². The van der Waals surface area contributed by atoms with Crippen molar-refractivity contribution < 1.29 is 18.3 Å². The second-order valence-electron chi connectivity index (χ2n) is 6.88. The number of ether oxygens (including phenoxy) is 1. The second-order valence-corrected chi connectivity index (χ2v) is 6.88. The molecule has 0 spiro atoms. The van der Waals surface area contributed by atoms with Crippen molar-refractivity contribution in [3.63, 3.8) is 0 Å². The van der Waals surface area contributed by atoms with E-state index >= 15 is 0 Å². The molecular formula is C23H19F2N3O2. The van der Waals surface area contributed by atoms with E-state index in [1.807, 2.05) is 49.4 Å². The summed E-state index contributed by atoms with van der Waals surface area (Å²) in [6, 6.07) is 19.8. The SMILES string of the molecule is Cc1ccc(NC(=O)c2ccc3nc(C(F)F)[nH]c3c2)c(OCc2ccccc2)c1. The van der Waals surface area contributed by atoms with E-state index < -0.39 is 12.2 Å². The summed E-state index contributed by atoms with van der Waals surface area (Å²) in [6.45, 7) is 2.30. The van der Waals surface area contributed by atoms with E-state index in [9.17, 15) is 13.6 Å². The van der Waals surface area contributed by atoms with Crippen LogP contribution in [0.1, 0.15) is 33.7 Å². The van der Waals surface area contributed by atoms with E-state index in [1.54, 1.807) is 12.1 Å². The van der Waals surface area contributed by atoms with Crippen molar-refractivity contribution in [1.82, 2.24) is 9.97 Å². The topological polar surface area (TPSA) is 67.0 Å². The fourth-order valence-corrected chi connectivity index (χ4v) is 3.06. The molecule has 2 N–H and O–H groups in total. The van der Waals surface area contributed by atoms with Gasteiger partial charge in [-0.15, -0.1) is 0 Å². The standard InChI is InChI=1S/C23H19F2N3O2/c1-14-7-9-18(20(11-14)30-13-15-5-3-2-4-6-15)28-23(29)16-8-10-17-19(12-16)27-22(26-17)21(24)25/h2-12,21H,13H2,1H3,(H,26,27)(H,28,29). The van der Waals surface area contributed by atoms with Gasteiger partial charge in [0.15, 0.2) is 5.82 Å². The normalized spacial score (nSPS) is 11.1. The minimum Gasteiger partial charge on any atom is -0.487 e. The van der Waals surface area contributed by atoms with Gasteiger partial charge in [0.25, 0.3) is 12.3 Å². The van der Waals surface area contributed by atoms with Crippen molar-refractivity contribution in [2.45, 2.75) is 20.0 Å². The second kappa shape index (κ2) is 8.32. The number of halogens is 2. The Balaban J connectivity index is 1.54. The molecule has 0 aliphatic rings. The van der Waals surface area contributed by atoms with Crippen LogP contribution in [0.3, 0.4) is 0 Å². The van der Waals surface area contributed by atoms with Crippen molar-refractivity contribution >= 4 is 22.6 Å². The van der Waals surface area contributed by atoms with Crippen molar-refractivity contribution in [3.8, 4) is 5.75 Å². The molecule has 0 unspecified atom stereocenters. The molecule has 0 aliphatic heterocycles. The number of aromatic nitrogens is 2. The van der Waals surface area contributed by atoms with Crippen molar-refractivity contribution in [2.75, 3.05) is 5.32 Å². The third kappa shape index (κ3) is 4.30. The third-order valence-corrected chi connectivity index (χ3v) is 4.59. The summed E-state index contributed by atoms with van der Waals surface area (Å²) in [4.78, 5) is 19.1. The molecule has 0 saturated heterocycles. The highest BCUT2D eigenvalue weighted by molar-refractivity contribution is 6.06. The van der Waals surface area contributed by atoms with Gasteiger partial charge in [0.2, 0.25) is 0 Å². The number of benzene rings is 3. The summed E-state index contributed by atoms with van der Waals surface area (Å²) in [5.41, 5.74) is 3.61. The van der Waals surface area contributed by atoms with E-state index in [4.69, 9.17) is 4.74 Å². The quantitative estimate of drug-likeness (QED) is 0.435. The Morgan fingerprint density at radius 1 is 1.10 bits per heavy atom. The van der Waals surface area contributed by atoms with Crippen LogP contribution in [0.4, 0.5) is 14.5 Å². The van der Waals surface area contributed by atoms with Crippen molar-refractivity contribution in [3.05, 3.63) is 89.2 Å². The van der Waals surface area contributed by atoms with Gasteiger partial charge in [0.1, 0.15) is 12.4 Å². The first-order valence-electron chi connectivity index (χ1n) is 9.36. The number of H-pyrrole nitrogens is 1. The predicted octanol–water partition coefficient (Wildman–Crippen LogP) is 5.64. The molecule has 5 nitrogen and oxygen atoms in total. The molecule has 0 bridgehead atoms. The number of rotatable bonds is 6. The van der Waals surface area contributed by atoms with Gasteiger partial charge in [-0.1, -0.05) is 36.4 Å². The van der Waals surface area contributed by atoms with Crippen LogP contribution in [0, 0.1) is 6.92 Å². The maximum absolute atomic E-state index is 12.8. The Labute approximate surface area is 171 Å². The molecular weight excluding hydrogens is 388 g/mol. The first-order chi connectivity index (χ1) is 14.5. The van der Waals surface area contributed by atoms with Gasteiger partial charge in [-0.2, -0.15) is 0 Å². The summed E-state index contributed by atoms with van der Waals surface area (Å²) in [6.07, 6.45) is -2.70. The highest BCUT2D eigenvalue weighted by Gasteiger charge is 2.15. The van der Waals surface area contributed by atoms with Crippen LogP contribution in [-0.4, -0.2) is 15.9 Å². The van der Waals surface area contributed by atoms with E-state index in [0.29, 0.717) is 34.6 Å². The average molecular weight is 407 g/mol. The van der Waals surface area contributed by atoms with Crippen LogP contribution in [-0.2, 0) is 6.61 Å². The Kier molecular flexibility index (Phi) is 5.43. The largest absolute Gasteiger partial charge is 0.487 e. The average Bonchev–Trinajstić information content (AvgIpc) is 3.18. The predicted molar refractivity (Wildman–Crippen MR) is 111 cm³/mol. The fourth-order valence-electron chi connectivity index (χ4n) is 3.06. The lowest BCUT2D eigenvalue weighted by Crippen LogP contribution is -2.13. The number of nitrogens with one attached hydrogen (secondary N) is 2. The molecule has 0 atom stereocenters. The number of alkyl halides is 2. The van der Waals surface area contributed by atoms with Crippen molar-refractivity contribution in [2.24, 2.45) is 0 Å². The number of fused-ring (bicyclic) bond motifs is 1. The summed E-state index contributed by atoms with van der Waals surface area (Å²) >= 11 is 0. The Bertz CT molecular complexity index is 1190. The van der Waals surface area contributed by atoms with Crippen LogP contribution in [0.15, 0.2) is 66.7 Å². The third-order valence-electron chi connectivity index (χ3n) is 4.59. The van der Waals surface area contributed by atoms with Gasteiger partial charge < -0.3 is 15.0 Å². The Morgan fingerprint density at radius 2 is 1.90 bits per heavy atom. The molecule has 0 saturated carbocycles. The van der Waals surface area contributed by atoms with Gasteiger partial charge in [-0.3, -0.25) is 4.79 Å². The van der Waals surface area contributed by atoms with Crippen LogP contribution in [0.25, 0.3) is 11.0 Å². The molecule has 4 rings (SSSR count). The monoisotopic (exact) mass is 407 g/mol. The van der Waals surface area contributed by atoms with E-state index in [-0.39, 0.29) is 5.91 Å². The summed E-state index contributed by atoms with van der Waals surface area (Å²) in [5, 5.41) is 2.84. The van der Waals surface area contributed by atoms with Crippen LogP contribution in [0.2, 0.25) is 0 Å². The number of carbonyl (C=O) groups excluding carboxylic acids is 1. The Morgan fingerprint density at radius 3 is 2.67 bits per heavy atom. The molecule has 30 heavy (non-hydrogen) atoms. The lowest BCUT2D eigenvalue weighted by Gasteiger charge is -2.14. The molecule has 1 heterocycles. The molecule has 152 valence electrons. The van der Waals surface area contributed by atoms with Gasteiger partial charge in [0, 0.05) is 5.56 Å². The molecule has 0 fully saturated rings. The maximum Gasteiger partial charge on any atom is 0.295 e. The minimum absolute atomic E-state index is 0.321. The number of nitrogens with zero attached hydrogens (tertiary/aromatic N) is 1. The fraction of sp³-hybridized carbons (Fsp3) is 0.130. The minimum atomic E-state index is -2.70. The number of carbonyl (C=O) groups is 1. The maximum atomic E-state index is 12.8. The van der Waals surface area contributed by atoms with Gasteiger partial charge in [-0.25, -0.2) is 13.8 Å². The zero-order valence-corrected chi connectivity index (χ0v) is 16.2. The van der Waals surface area contributed by atoms with E-state index in [0.717, 1.165) is 11.1 Å². The molecule has 1 amide bonds. The number of hydrogen-bond acceptors (Lipinski definition) is 3. The number of imidazole rings is 1. The van der Waals surface area contributed by atoms with E-state index in [2.05, 4.69) is 15.3 Å². The number of aryl methyl sites for hydroxylation is 1. The molecule has 0 radical (unpaired) electrons. The molecule has 0 aliphatic carbocycles. The van der Waals surface area contributed by atoms with Crippen LogP contribution >= 0.6 is 0 Å². The molecule has 7 heteroatoms. The van der Waals surface area contributed by atoms with Gasteiger partial charge in [-0.05, 0) is 48.4 Å². The highest BCUT2D eigenvalue weighted by atomic mass is 19.3. The zero-order valence-electron chi connectivity index (χ0n) is 16.2. The number of amides is 1. The Hall–Kier alpha value is -3.74. The number of anilines is 1. The first-order valence-corrected chi connectivity index (χ1v) is 9.36. The van der Waals surface area contributed by atoms with Crippen LogP contribution in [0.5, 0.6) is 5.75 Å². The van der Waals surface area contributed by atoms with Crippen molar-refractivity contribution in [1.29, 1.82) is 0 Å². The van der Waals surface area contributed by atoms with Crippen LogP contribution < -0.4 is 10.1 Å². The first kappa shape index (κ1) is 19.6. The smallest absolute Gasteiger partial charge is 0.295 e. The number of aromatic amines is 1. The highest BCUT2D eigenvalue weighted by Crippen LogP contribution is 2.28. The van der Waals surface area contributed by atoms with E-state index in [1.165, 1.54) is 12.1 Å². The summed E-state index contributed by atoms with van der Waals surface area (Å²) < 4.78 is 31.6. The molecule has 4 aromatic rings. The molecule has 3 aromatic carbocycles. The zero-order chi connectivity index (χ0) is 21.1. The number of hydrogen-bond donors (Lipinski definition) is 2. The lowest BCUT2D eigenvalue weighted by atomic mass is 10.1. The lowest BCUT2D eigenvalue weighted by molar-refractivity contribution is 0.102. The molecule has 1 aromatic heterocycles. The van der Waals surface area contributed by atoms with Gasteiger partial charge >= 0.3 is 0 Å². The summed E-state index contributed by atoms with van der Waals surface area (Å²) in [5.74, 6) is -0.244. The summed E-state index contributed by atoms with van der Waals surface area (Å²) in [7, 11) is 0.